The Labute approximate surface area is 198 Å². The van der Waals surface area contributed by atoms with E-state index in [1.54, 1.807) is 18.2 Å². The van der Waals surface area contributed by atoms with Gasteiger partial charge in [0.25, 0.3) is 5.56 Å². The highest BCUT2D eigenvalue weighted by Crippen LogP contribution is 2.29. The Morgan fingerprint density at radius 1 is 1.09 bits per heavy atom. The molecule has 9 nitrogen and oxygen atoms in total. The van der Waals surface area contributed by atoms with Crippen molar-refractivity contribution in [3.8, 4) is 11.1 Å². The van der Waals surface area contributed by atoms with E-state index in [-0.39, 0.29) is 24.4 Å². The molecule has 0 fully saturated rings. The molecule has 3 heterocycles. The lowest BCUT2D eigenvalue weighted by atomic mass is 10.1. The van der Waals surface area contributed by atoms with Crippen LogP contribution in [-0.4, -0.2) is 42.6 Å². The summed E-state index contributed by atoms with van der Waals surface area (Å²) >= 11 is 0. The highest BCUT2D eigenvalue weighted by molar-refractivity contribution is 5.84. The topological polar surface area (TPSA) is 112 Å². The molecule has 0 aliphatic rings. The van der Waals surface area contributed by atoms with Crippen LogP contribution in [0.4, 0.5) is 4.39 Å². The van der Waals surface area contributed by atoms with Gasteiger partial charge in [0.1, 0.15) is 17.4 Å². The van der Waals surface area contributed by atoms with Gasteiger partial charge >= 0.3 is 5.97 Å². The second kappa shape index (κ2) is 9.07. The highest BCUT2D eigenvalue weighted by atomic mass is 19.1. The zero-order chi connectivity index (χ0) is 24.5. The first kappa shape index (κ1) is 22.4. The molecule has 0 bridgehead atoms. The Hall–Kier alpha value is -4.44. The third kappa shape index (κ3) is 4.04. The van der Waals surface area contributed by atoms with Crippen molar-refractivity contribution in [1.29, 1.82) is 0 Å². The number of aliphatic carboxylic acids is 1. The summed E-state index contributed by atoms with van der Waals surface area (Å²) in [6, 6.07) is 15.4. The number of pyridine rings is 1. The number of fused-ring (bicyclic) bond motifs is 3. The monoisotopic (exact) mass is 473 g/mol. The fraction of sp³-hybridized carbons (Fsp3) is 0.160. The van der Waals surface area contributed by atoms with E-state index in [0.29, 0.717) is 28.0 Å². The molecular weight excluding hydrogens is 453 g/mol. The minimum atomic E-state index is -1.13. The number of ether oxygens (including phenoxy) is 1. The van der Waals surface area contributed by atoms with Crippen LogP contribution in [0.15, 0.2) is 71.7 Å². The van der Waals surface area contributed by atoms with Crippen molar-refractivity contribution in [3.63, 3.8) is 0 Å². The number of carboxylic acid groups (broad SMARTS) is 1. The molecule has 0 saturated carbocycles. The summed E-state index contributed by atoms with van der Waals surface area (Å²) in [6.45, 7) is 0.160. The van der Waals surface area contributed by atoms with Crippen LogP contribution < -0.4 is 5.56 Å². The molecule has 1 N–H and O–H groups in total. The number of aromatic nitrogens is 5. The lowest BCUT2D eigenvalue weighted by molar-refractivity contribution is -0.141. The number of carbonyl (C=O) groups is 1. The number of hydrogen-bond donors (Lipinski definition) is 1. The van der Waals surface area contributed by atoms with Crippen LogP contribution in [0.2, 0.25) is 0 Å². The predicted octanol–water partition coefficient (Wildman–Crippen LogP) is 3.26. The number of halogens is 1. The molecule has 5 aromatic rings. The van der Waals surface area contributed by atoms with E-state index in [1.807, 2.05) is 30.3 Å². The zero-order valence-electron chi connectivity index (χ0n) is 18.6. The summed E-state index contributed by atoms with van der Waals surface area (Å²) in [5.41, 5.74) is 2.73. The van der Waals surface area contributed by atoms with E-state index in [0.717, 1.165) is 10.1 Å². The van der Waals surface area contributed by atoms with Crippen LogP contribution in [0.25, 0.3) is 27.8 Å². The molecule has 176 valence electrons. The standard InChI is InChI=1S/C25H20FN5O4/c1-35-14-18-21(16-7-9-17(26)10-8-16)23-28-27-22-19(31(23)29-18)11-12-30(24(22)32)20(25(33)34)13-15-5-3-2-4-6-15/h2-12,20H,13-14H2,1H3,(H,33,34)/t20-/m1/s1. The maximum absolute atomic E-state index is 13.5. The van der Waals surface area contributed by atoms with Crippen molar-refractivity contribution in [3.05, 3.63) is 94.3 Å². The molecule has 5 rings (SSSR count). The first-order chi connectivity index (χ1) is 17.0. The Morgan fingerprint density at radius 2 is 1.83 bits per heavy atom. The molecule has 35 heavy (non-hydrogen) atoms. The van der Waals surface area contributed by atoms with Crippen LogP contribution in [0, 0.1) is 5.82 Å². The molecule has 10 heteroatoms. The fourth-order valence-electron chi connectivity index (χ4n) is 4.14. The van der Waals surface area contributed by atoms with Gasteiger partial charge in [0, 0.05) is 19.7 Å². The van der Waals surface area contributed by atoms with E-state index in [2.05, 4.69) is 15.3 Å². The summed E-state index contributed by atoms with van der Waals surface area (Å²) in [6.07, 6.45) is 1.56. The minimum Gasteiger partial charge on any atom is -0.480 e. The molecule has 0 aliphatic heterocycles. The van der Waals surface area contributed by atoms with E-state index < -0.39 is 17.6 Å². The van der Waals surface area contributed by atoms with Gasteiger partial charge in [-0.2, -0.15) is 5.10 Å². The molecule has 1 atom stereocenters. The molecule has 0 amide bonds. The second-order valence-corrected chi connectivity index (χ2v) is 8.00. The summed E-state index contributed by atoms with van der Waals surface area (Å²) < 4.78 is 21.4. The van der Waals surface area contributed by atoms with Crippen LogP contribution in [-0.2, 0) is 22.6 Å². The molecule has 3 aromatic heterocycles. The molecule has 2 aromatic carbocycles. The van der Waals surface area contributed by atoms with Gasteiger partial charge in [-0.3, -0.25) is 9.36 Å². The van der Waals surface area contributed by atoms with Gasteiger partial charge in [0.15, 0.2) is 11.2 Å². The predicted molar refractivity (Wildman–Crippen MR) is 125 cm³/mol. The van der Waals surface area contributed by atoms with E-state index in [1.165, 1.54) is 30.0 Å². The molecule has 0 unspecified atom stereocenters. The van der Waals surface area contributed by atoms with Gasteiger partial charge in [0.2, 0.25) is 0 Å². The van der Waals surface area contributed by atoms with Gasteiger partial charge in [0.05, 0.1) is 17.9 Å². The smallest absolute Gasteiger partial charge is 0.327 e. The number of rotatable bonds is 7. The summed E-state index contributed by atoms with van der Waals surface area (Å²) in [5.74, 6) is -1.51. The molecule has 0 saturated heterocycles. The Morgan fingerprint density at radius 3 is 2.51 bits per heavy atom. The van der Waals surface area contributed by atoms with Gasteiger partial charge in [-0.05, 0) is 29.3 Å². The Bertz CT molecular complexity index is 1600. The zero-order valence-corrected chi connectivity index (χ0v) is 18.6. The van der Waals surface area contributed by atoms with Gasteiger partial charge in [-0.25, -0.2) is 13.7 Å². The molecule has 0 spiro atoms. The lowest BCUT2D eigenvalue weighted by Crippen LogP contribution is -2.31. The van der Waals surface area contributed by atoms with Crippen LogP contribution in [0.3, 0.4) is 0 Å². The third-order valence-corrected chi connectivity index (χ3v) is 5.79. The van der Waals surface area contributed by atoms with Gasteiger partial charge in [-0.15, -0.1) is 10.2 Å². The first-order valence-electron chi connectivity index (χ1n) is 10.8. The van der Waals surface area contributed by atoms with Crippen molar-refractivity contribution in [2.45, 2.75) is 19.1 Å². The van der Waals surface area contributed by atoms with Crippen LogP contribution in [0.5, 0.6) is 0 Å². The van der Waals surface area contributed by atoms with Crippen LogP contribution in [0.1, 0.15) is 17.3 Å². The van der Waals surface area contributed by atoms with Crippen molar-refractivity contribution >= 4 is 22.6 Å². The average molecular weight is 473 g/mol. The lowest BCUT2D eigenvalue weighted by Gasteiger charge is -2.16. The molecular formula is C25H20FN5O4. The Kier molecular flexibility index (Phi) is 5.79. The van der Waals surface area contributed by atoms with Crippen LogP contribution >= 0.6 is 0 Å². The molecule has 0 aliphatic carbocycles. The quantitative estimate of drug-likeness (QED) is 0.386. The first-order valence-corrected chi connectivity index (χ1v) is 10.8. The van der Waals surface area contributed by atoms with E-state index in [4.69, 9.17) is 4.74 Å². The highest BCUT2D eigenvalue weighted by Gasteiger charge is 2.24. The fourth-order valence-corrected chi connectivity index (χ4v) is 4.14. The molecule has 0 radical (unpaired) electrons. The van der Waals surface area contributed by atoms with Gasteiger partial charge < -0.3 is 9.84 Å². The summed E-state index contributed by atoms with van der Waals surface area (Å²) in [7, 11) is 1.53. The maximum atomic E-state index is 13.5. The average Bonchev–Trinajstić information content (AvgIpc) is 3.23. The third-order valence-electron chi connectivity index (χ3n) is 5.79. The number of carboxylic acids is 1. The van der Waals surface area contributed by atoms with Crippen molar-refractivity contribution in [2.24, 2.45) is 0 Å². The minimum absolute atomic E-state index is 0.0172. The summed E-state index contributed by atoms with van der Waals surface area (Å²) in [5, 5.41) is 22.8. The number of methoxy groups -OCH3 is 1. The SMILES string of the molecule is COCc1nn2c(nnc3c(=O)n([C@H](Cc4ccccc4)C(=O)O)ccc32)c1-c1ccc(F)cc1. The van der Waals surface area contributed by atoms with Crippen molar-refractivity contribution in [1.82, 2.24) is 24.4 Å². The Balaban J connectivity index is 1.67. The van der Waals surface area contributed by atoms with Crippen molar-refractivity contribution in [2.75, 3.05) is 7.11 Å². The van der Waals surface area contributed by atoms with Crippen molar-refractivity contribution < 1.29 is 19.0 Å². The number of hydrogen-bond acceptors (Lipinski definition) is 6. The number of nitrogens with zero attached hydrogens (tertiary/aromatic N) is 5. The van der Waals surface area contributed by atoms with E-state index in [9.17, 15) is 19.1 Å². The van der Waals surface area contributed by atoms with E-state index >= 15 is 0 Å². The largest absolute Gasteiger partial charge is 0.480 e. The maximum Gasteiger partial charge on any atom is 0.327 e. The summed E-state index contributed by atoms with van der Waals surface area (Å²) in [4.78, 5) is 25.4. The normalized spacial score (nSPS) is 12.3. The van der Waals surface area contributed by atoms with Gasteiger partial charge in [-0.1, -0.05) is 42.5 Å². The second-order valence-electron chi connectivity index (χ2n) is 8.00. The number of benzene rings is 2.